The van der Waals surface area contributed by atoms with Crippen LogP contribution in [-0.2, 0) is 0 Å². The third kappa shape index (κ3) is 5.09. The number of hydrogen-bond donors (Lipinski definition) is 2. The Kier molecular flexibility index (Phi) is 6.43. The lowest BCUT2D eigenvalue weighted by Crippen LogP contribution is -2.34. The van der Waals surface area contributed by atoms with Gasteiger partial charge in [-0.2, -0.15) is 13.2 Å². The minimum Gasteiger partial charge on any atom is -0.364 e. The number of hydrogen-bond acceptors (Lipinski definition) is 6. The number of halogens is 5. The third-order valence-corrected chi connectivity index (χ3v) is 5.84. The van der Waals surface area contributed by atoms with Gasteiger partial charge in [-0.05, 0) is 25.8 Å². The van der Waals surface area contributed by atoms with E-state index in [-0.39, 0.29) is 27.2 Å². The second-order valence-corrected chi connectivity index (χ2v) is 7.98. The molecule has 1 aliphatic rings. The first-order valence-corrected chi connectivity index (χ1v) is 10.00. The lowest BCUT2D eigenvalue weighted by molar-refractivity contribution is -0.115. The van der Waals surface area contributed by atoms with Crippen LogP contribution in [0, 0.1) is 0 Å². The maximum absolute atomic E-state index is 13.7. The minimum absolute atomic E-state index is 0.0388. The number of rotatable bonds is 6. The van der Waals surface area contributed by atoms with Crippen LogP contribution in [0.25, 0.3) is 10.4 Å². The number of alkyl halides is 5. The molecule has 0 aliphatic carbocycles. The standard InChI is InChI=1S/C18H18F5N5O2S/c1-8-3-2-4-28(8)17(30)12-13(31-16(27-12)15(24)29)10-6-25-11(5-9(10)14(19)20)26-7-18(21,22)23/h5-6,8,14H,2-4,7H2,1H3,(H2,24,29)(H,25,26). The zero-order valence-corrected chi connectivity index (χ0v) is 17.0. The molecule has 3 heterocycles. The number of thiazole rings is 1. The van der Waals surface area contributed by atoms with Crippen LogP contribution in [0.3, 0.4) is 0 Å². The fourth-order valence-corrected chi connectivity index (χ4v) is 4.19. The number of pyridine rings is 1. The Bertz CT molecular complexity index is 994. The number of carbonyl (C=O) groups is 2. The van der Waals surface area contributed by atoms with Gasteiger partial charge in [0.2, 0.25) is 0 Å². The summed E-state index contributed by atoms with van der Waals surface area (Å²) in [7, 11) is 0. The summed E-state index contributed by atoms with van der Waals surface area (Å²) in [5, 5.41) is 1.69. The second kappa shape index (κ2) is 8.73. The average Bonchev–Trinajstić information content (AvgIpc) is 3.31. The van der Waals surface area contributed by atoms with Crippen molar-refractivity contribution in [2.24, 2.45) is 5.73 Å². The molecule has 31 heavy (non-hydrogen) atoms. The van der Waals surface area contributed by atoms with Crippen molar-refractivity contribution in [1.82, 2.24) is 14.9 Å². The maximum Gasteiger partial charge on any atom is 0.405 e. The number of amides is 2. The van der Waals surface area contributed by atoms with Crippen molar-refractivity contribution in [3.63, 3.8) is 0 Å². The van der Waals surface area contributed by atoms with Crippen LogP contribution in [0.1, 0.15) is 52.0 Å². The first-order chi connectivity index (χ1) is 14.5. The largest absolute Gasteiger partial charge is 0.405 e. The Balaban J connectivity index is 2.06. The number of carbonyl (C=O) groups excluding carboxylic acids is 2. The van der Waals surface area contributed by atoms with Crippen LogP contribution in [0.5, 0.6) is 0 Å². The van der Waals surface area contributed by atoms with Crippen molar-refractivity contribution in [2.75, 3.05) is 18.4 Å². The highest BCUT2D eigenvalue weighted by atomic mass is 32.1. The molecule has 13 heteroatoms. The molecule has 0 bridgehead atoms. The molecular formula is C18H18F5N5O2S. The molecule has 7 nitrogen and oxygen atoms in total. The van der Waals surface area contributed by atoms with Gasteiger partial charge >= 0.3 is 6.18 Å². The molecular weight excluding hydrogens is 445 g/mol. The molecule has 0 radical (unpaired) electrons. The zero-order valence-electron chi connectivity index (χ0n) is 16.2. The van der Waals surface area contributed by atoms with E-state index in [0.717, 1.165) is 25.1 Å². The summed E-state index contributed by atoms with van der Waals surface area (Å²) in [4.78, 5) is 33.9. The van der Waals surface area contributed by atoms with Crippen LogP contribution < -0.4 is 11.1 Å². The highest BCUT2D eigenvalue weighted by Crippen LogP contribution is 2.38. The van der Waals surface area contributed by atoms with Gasteiger partial charge in [0.1, 0.15) is 18.1 Å². The molecule has 2 amide bonds. The molecule has 1 atom stereocenters. The van der Waals surface area contributed by atoms with E-state index < -0.39 is 42.3 Å². The highest BCUT2D eigenvalue weighted by Gasteiger charge is 2.33. The fraction of sp³-hybridized carbons (Fsp3) is 0.444. The topological polar surface area (TPSA) is 101 Å². The van der Waals surface area contributed by atoms with Gasteiger partial charge in [0.05, 0.1) is 4.88 Å². The zero-order chi connectivity index (χ0) is 22.9. The molecule has 0 aromatic carbocycles. The molecule has 3 N–H and O–H groups in total. The number of primary amides is 1. The Morgan fingerprint density at radius 1 is 1.39 bits per heavy atom. The second-order valence-electron chi connectivity index (χ2n) is 6.98. The molecule has 2 aromatic rings. The van der Waals surface area contributed by atoms with E-state index in [2.05, 4.69) is 9.97 Å². The Labute approximate surface area is 177 Å². The summed E-state index contributed by atoms with van der Waals surface area (Å²) in [5.74, 6) is -1.88. The van der Waals surface area contributed by atoms with Gasteiger partial charge in [0.25, 0.3) is 18.2 Å². The van der Waals surface area contributed by atoms with Crippen molar-refractivity contribution < 1.29 is 31.5 Å². The number of nitrogens with one attached hydrogen (secondary N) is 1. The predicted molar refractivity (Wildman–Crippen MR) is 103 cm³/mol. The Morgan fingerprint density at radius 2 is 2.10 bits per heavy atom. The number of anilines is 1. The Morgan fingerprint density at radius 3 is 2.65 bits per heavy atom. The minimum atomic E-state index is -4.56. The van der Waals surface area contributed by atoms with Crippen LogP contribution >= 0.6 is 11.3 Å². The summed E-state index contributed by atoms with van der Waals surface area (Å²) >= 11 is 0.657. The van der Waals surface area contributed by atoms with Gasteiger partial charge in [0, 0.05) is 29.9 Å². The van der Waals surface area contributed by atoms with Gasteiger partial charge in [-0.1, -0.05) is 0 Å². The number of nitrogens with zero attached hydrogens (tertiary/aromatic N) is 3. The number of nitrogens with two attached hydrogens (primary N) is 1. The van der Waals surface area contributed by atoms with Crippen LogP contribution in [0.15, 0.2) is 12.3 Å². The van der Waals surface area contributed by atoms with Crippen molar-refractivity contribution in [2.45, 2.75) is 38.4 Å². The quantitative estimate of drug-likeness (QED) is 0.634. The molecule has 3 rings (SSSR count). The maximum atomic E-state index is 13.7. The fourth-order valence-electron chi connectivity index (χ4n) is 3.25. The van der Waals surface area contributed by atoms with E-state index in [1.165, 1.54) is 4.90 Å². The molecule has 2 aromatic heterocycles. The van der Waals surface area contributed by atoms with E-state index in [9.17, 15) is 31.5 Å². The molecule has 1 fully saturated rings. The van der Waals surface area contributed by atoms with E-state index in [4.69, 9.17) is 5.73 Å². The van der Waals surface area contributed by atoms with Crippen molar-refractivity contribution in [3.05, 3.63) is 28.5 Å². The molecule has 168 valence electrons. The first kappa shape index (κ1) is 22.8. The van der Waals surface area contributed by atoms with Gasteiger partial charge in [0.15, 0.2) is 5.01 Å². The van der Waals surface area contributed by atoms with Gasteiger partial charge in [-0.3, -0.25) is 9.59 Å². The summed E-state index contributed by atoms with van der Waals surface area (Å²) in [6.07, 6.45) is -5.19. The molecule has 1 unspecified atom stereocenters. The van der Waals surface area contributed by atoms with Crippen molar-refractivity contribution in [3.8, 4) is 10.4 Å². The van der Waals surface area contributed by atoms with Crippen molar-refractivity contribution >= 4 is 29.0 Å². The van der Waals surface area contributed by atoms with Crippen molar-refractivity contribution in [1.29, 1.82) is 0 Å². The average molecular weight is 463 g/mol. The van der Waals surface area contributed by atoms with Crippen LogP contribution in [0.4, 0.5) is 27.8 Å². The molecule has 0 spiro atoms. The summed E-state index contributed by atoms with van der Waals surface area (Å²) < 4.78 is 64.7. The summed E-state index contributed by atoms with van der Waals surface area (Å²) in [6, 6.07) is 0.683. The number of aromatic nitrogens is 2. The van der Waals surface area contributed by atoms with E-state index in [0.29, 0.717) is 17.9 Å². The Hall–Kier alpha value is -2.83. The lowest BCUT2D eigenvalue weighted by atomic mass is 10.1. The van der Waals surface area contributed by atoms with E-state index in [1.807, 2.05) is 12.2 Å². The summed E-state index contributed by atoms with van der Waals surface area (Å²) in [5.41, 5.74) is 4.19. The van der Waals surface area contributed by atoms with Gasteiger partial charge in [-0.25, -0.2) is 18.7 Å². The van der Waals surface area contributed by atoms with Gasteiger partial charge in [-0.15, -0.1) is 11.3 Å². The third-order valence-electron chi connectivity index (χ3n) is 4.74. The normalized spacial score (nSPS) is 16.7. The lowest BCUT2D eigenvalue weighted by Gasteiger charge is -2.21. The van der Waals surface area contributed by atoms with Crippen LogP contribution in [-0.4, -0.2) is 52.0 Å². The van der Waals surface area contributed by atoms with E-state index >= 15 is 0 Å². The monoisotopic (exact) mass is 463 g/mol. The van der Waals surface area contributed by atoms with E-state index in [1.54, 1.807) is 0 Å². The number of likely N-dealkylation sites (tertiary alicyclic amines) is 1. The first-order valence-electron chi connectivity index (χ1n) is 9.18. The van der Waals surface area contributed by atoms with Gasteiger partial charge < -0.3 is 16.0 Å². The predicted octanol–water partition coefficient (Wildman–Crippen LogP) is 3.84. The highest BCUT2D eigenvalue weighted by molar-refractivity contribution is 7.17. The SMILES string of the molecule is CC1CCCN1C(=O)c1nc(C(N)=O)sc1-c1cnc(NCC(F)(F)F)cc1C(F)F. The molecule has 1 aliphatic heterocycles. The smallest absolute Gasteiger partial charge is 0.364 e. The summed E-state index contributed by atoms with van der Waals surface area (Å²) in [6.45, 7) is 0.827. The van der Waals surface area contributed by atoms with Crippen LogP contribution in [0.2, 0.25) is 0 Å². The molecule has 0 saturated carbocycles. The molecule has 1 saturated heterocycles.